The van der Waals surface area contributed by atoms with Crippen molar-refractivity contribution in [2.45, 2.75) is 0 Å². The molecule has 2 N–H and O–H groups in total. The van der Waals surface area contributed by atoms with Gasteiger partial charge in [-0.1, -0.05) is 18.2 Å². The van der Waals surface area contributed by atoms with Gasteiger partial charge in [0.15, 0.2) is 0 Å². The maximum absolute atomic E-state index is 13.0. The molecule has 0 aliphatic carbocycles. The normalized spacial score (nSPS) is 12.3. The van der Waals surface area contributed by atoms with Crippen molar-refractivity contribution >= 4 is 23.5 Å². The van der Waals surface area contributed by atoms with E-state index < -0.39 is 5.56 Å². The Kier molecular flexibility index (Phi) is 5.22. The van der Waals surface area contributed by atoms with Crippen molar-refractivity contribution in [3.63, 3.8) is 0 Å². The molecule has 7 heteroatoms. The van der Waals surface area contributed by atoms with Gasteiger partial charge in [-0.05, 0) is 65.6 Å². The molecule has 0 saturated carbocycles. The molecule has 29 heavy (non-hydrogen) atoms. The van der Waals surface area contributed by atoms with Crippen LogP contribution >= 0.6 is 11.3 Å². The van der Waals surface area contributed by atoms with Crippen molar-refractivity contribution in [2.75, 3.05) is 0 Å². The molecule has 0 bridgehead atoms. The van der Waals surface area contributed by atoms with E-state index in [1.54, 1.807) is 36.4 Å². The van der Waals surface area contributed by atoms with E-state index in [1.165, 1.54) is 35.6 Å². The number of halogens is 1. The van der Waals surface area contributed by atoms with Gasteiger partial charge in [0, 0.05) is 4.88 Å². The van der Waals surface area contributed by atoms with Gasteiger partial charge in [0.2, 0.25) is 0 Å². The lowest BCUT2D eigenvalue weighted by Gasteiger charge is -2.06. The fourth-order valence-electron chi connectivity index (χ4n) is 2.68. The van der Waals surface area contributed by atoms with Crippen LogP contribution in [0.4, 0.5) is 4.39 Å². The van der Waals surface area contributed by atoms with Crippen LogP contribution in [0.15, 0.2) is 75.6 Å². The SMILES string of the molecule is O=c1[nH]/c(=C\c2cccs2)c(=O)[nH]/c1=C\c1cccc(Oc2ccc(F)cc2)c1. The Labute approximate surface area is 168 Å². The molecule has 4 rings (SSSR count). The first kappa shape index (κ1) is 18.6. The maximum atomic E-state index is 13.0. The molecule has 0 atom stereocenters. The predicted molar refractivity (Wildman–Crippen MR) is 111 cm³/mol. The summed E-state index contributed by atoms with van der Waals surface area (Å²) in [6, 6.07) is 16.4. The van der Waals surface area contributed by atoms with Gasteiger partial charge in [-0.15, -0.1) is 11.3 Å². The fourth-order valence-corrected chi connectivity index (χ4v) is 3.34. The third kappa shape index (κ3) is 4.59. The number of nitrogens with one attached hydrogen (secondary N) is 2. The van der Waals surface area contributed by atoms with Crippen LogP contribution in [0, 0.1) is 5.82 Å². The molecular formula is C22H15FN2O3S. The highest BCUT2D eigenvalue weighted by molar-refractivity contribution is 7.10. The van der Waals surface area contributed by atoms with Crippen LogP contribution in [0.3, 0.4) is 0 Å². The Morgan fingerprint density at radius 3 is 2.24 bits per heavy atom. The van der Waals surface area contributed by atoms with Gasteiger partial charge in [-0.25, -0.2) is 4.39 Å². The summed E-state index contributed by atoms with van der Waals surface area (Å²) in [4.78, 5) is 30.8. The van der Waals surface area contributed by atoms with Gasteiger partial charge in [0.05, 0.1) is 0 Å². The van der Waals surface area contributed by atoms with Crippen LogP contribution in [0.5, 0.6) is 11.5 Å². The zero-order valence-electron chi connectivity index (χ0n) is 15.0. The van der Waals surface area contributed by atoms with E-state index >= 15 is 0 Å². The van der Waals surface area contributed by atoms with E-state index in [9.17, 15) is 14.0 Å². The van der Waals surface area contributed by atoms with Crippen LogP contribution in [0.1, 0.15) is 10.4 Å². The van der Waals surface area contributed by atoms with Gasteiger partial charge in [-0.2, -0.15) is 0 Å². The Balaban J connectivity index is 1.68. The van der Waals surface area contributed by atoms with E-state index in [2.05, 4.69) is 9.97 Å². The molecule has 0 unspecified atom stereocenters. The molecule has 0 fully saturated rings. The quantitative estimate of drug-likeness (QED) is 0.547. The largest absolute Gasteiger partial charge is 0.457 e. The van der Waals surface area contributed by atoms with E-state index in [1.807, 2.05) is 17.5 Å². The number of hydrogen-bond acceptors (Lipinski definition) is 4. The first-order valence-electron chi connectivity index (χ1n) is 8.70. The molecule has 0 radical (unpaired) electrons. The highest BCUT2D eigenvalue weighted by atomic mass is 32.1. The lowest BCUT2D eigenvalue weighted by molar-refractivity contribution is 0.480. The van der Waals surface area contributed by atoms with E-state index in [-0.39, 0.29) is 22.1 Å². The van der Waals surface area contributed by atoms with Crippen molar-refractivity contribution in [1.82, 2.24) is 9.97 Å². The molecule has 0 amide bonds. The highest BCUT2D eigenvalue weighted by Crippen LogP contribution is 2.22. The number of rotatable bonds is 4. The van der Waals surface area contributed by atoms with Crippen molar-refractivity contribution in [3.8, 4) is 11.5 Å². The topological polar surface area (TPSA) is 75.0 Å². The molecule has 0 aliphatic rings. The number of hydrogen-bond donors (Lipinski definition) is 2. The number of benzene rings is 2. The monoisotopic (exact) mass is 406 g/mol. The van der Waals surface area contributed by atoms with Gasteiger partial charge < -0.3 is 14.7 Å². The zero-order chi connectivity index (χ0) is 20.2. The Morgan fingerprint density at radius 2 is 1.55 bits per heavy atom. The van der Waals surface area contributed by atoms with Crippen molar-refractivity contribution in [1.29, 1.82) is 0 Å². The Hall–Kier alpha value is -3.71. The maximum Gasteiger partial charge on any atom is 0.272 e. The molecule has 4 aromatic rings. The van der Waals surface area contributed by atoms with Crippen molar-refractivity contribution < 1.29 is 9.13 Å². The molecule has 2 aromatic carbocycles. The van der Waals surface area contributed by atoms with Crippen LogP contribution in [0.2, 0.25) is 0 Å². The van der Waals surface area contributed by atoms with Crippen LogP contribution in [-0.4, -0.2) is 9.97 Å². The first-order chi connectivity index (χ1) is 14.1. The molecule has 5 nitrogen and oxygen atoms in total. The van der Waals surface area contributed by atoms with Crippen LogP contribution < -0.4 is 26.6 Å². The third-order valence-corrected chi connectivity index (χ3v) is 4.85. The summed E-state index contributed by atoms with van der Waals surface area (Å²) in [5.41, 5.74) is -0.124. The average Bonchev–Trinajstić information content (AvgIpc) is 3.21. The summed E-state index contributed by atoms with van der Waals surface area (Å²) in [5.74, 6) is 0.664. The molecule has 0 aliphatic heterocycles. The minimum absolute atomic E-state index is 0.136. The number of aromatic amines is 2. The first-order valence-corrected chi connectivity index (χ1v) is 9.58. The van der Waals surface area contributed by atoms with Crippen molar-refractivity contribution in [3.05, 3.63) is 114 Å². The minimum Gasteiger partial charge on any atom is -0.457 e. The number of aromatic nitrogens is 2. The summed E-state index contributed by atoms with van der Waals surface area (Å²) < 4.78 is 18.7. The molecule has 2 aromatic heterocycles. The second-order valence-corrected chi connectivity index (χ2v) is 7.15. The standard InChI is InChI=1S/C22H15FN2O3S/c23-15-6-8-16(9-7-15)28-17-4-1-3-14(11-17)12-19-21(26)25-20(22(27)24-19)13-18-5-2-10-29-18/h1-13H,(H,24,27)(H,25,26)/b19-12-,20-13-. The third-order valence-electron chi connectivity index (χ3n) is 4.03. The lowest BCUT2D eigenvalue weighted by Crippen LogP contribution is -2.46. The summed E-state index contributed by atoms with van der Waals surface area (Å²) >= 11 is 1.47. The van der Waals surface area contributed by atoms with E-state index in [0.29, 0.717) is 17.1 Å². The number of ether oxygens (including phenoxy) is 1. The van der Waals surface area contributed by atoms with E-state index in [4.69, 9.17) is 4.74 Å². The molecular weight excluding hydrogens is 391 g/mol. The fraction of sp³-hybridized carbons (Fsp3) is 0. The van der Waals surface area contributed by atoms with E-state index in [0.717, 1.165) is 4.88 Å². The molecule has 0 spiro atoms. The second kappa shape index (κ2) is 8.12. The highest BCUT2D eigenvalue weighted by Gasteiger charge is 2.01. The van der Waals surface area contributed by atoms with Crippen LogP contribution in [0.25, 0.3) is 12.2 Å². The Morgan fingerprint density at radius 1 is 0.828 bits per heavy atom. The molecule has 0 saturated heterocycles. The summed E-state index contributed by atoms with van der Waals surface area (Å²) in [6.45, 7) is 0. The van der Waals surface area contributed by atoms with Gasteiger partial charge in [0.1, 0.15) is 28.0 Å². The lowest BCUT2D eigenvalue weighted by atomic mass is 10.2. The van der Waals surface area contributed by atoms with Crippen molar-refractivity contribution in [2.24, 2.45) is 0 Å². The predicted octanol–water partition coefficient (Wildman–Crippen LogP) is 2.71. The molecule has 2 heterocycles. The minimum atomic E-state index is -0.405. The summed E-state index contributed by atoms with van der Waals surface area (Å²) in [6.07, 6.45) is 3.19. The average molecular weight is 406 g/mol. The zero-order valence-corrected chi connectivity index (χ0v) is 15.8. The van der Waals surface area contributed by atoms with Crippen LogP contribution in [-0.2, 0) is 0 Å². The summed E-state index contributed by atoms with van der Waals surface area (Å²) in [7, 11) is 0. The van der Waals surface area contributed by atoms with Gasteiger partial charge >= 0.3 is 0 Å². The number of H-pyrrole nitrogens is 2. The molecule has 144 valence electrons. The second-order valence-electron chi connectivity index (χ2n) is 6.17. The van der Waals surface area contributed by atoms with Gasteiger partial charge in [0.25, 0.3) is 11.1 Å². The smallest absolute Gasteiger partial charge is 0.272 e. The summed E-state index contributed by atoms with van der Waals surface area (Å²) in [5, 5.41) is 2.22. The van der Waals surface area contributed by atoms with Gasteiger partial charge in [-0.3, -0.25) is 9.59 Å². The Bertz CT molecular complexity index is 1370. The number of thiophene rings is 1.